The van der Waals surface area contributed by atoms with Crippen molar-refractivity contribution >= 4 is 12.9 Å². The van der Waals surface area contributed by atoms with Crippen molar-refractivity contribution in [3.05, 3.63) is 53.6 Å². The van der Waals surface area contributed by atoms with E-state index in [4.69, 9.17) is 0 Å². The molecule has 0 amide bonds. The molecule has 0 bridgehead atoms. The molecule has 2 rings (SSSR count). The minimum atomic E-state index is -4.31. The summed E-state index contributed by atoms with van der Waals surface area (Å²) in [5, 5.41) is 0.170. The molecule has 2 N–H and O–H groups in total. The van der Waals surface area contributed by atoms with Crippen LogP contribution in [0.2, 0.25) is 0 Å². The van der Waals surface area contributed by atoms with Crippen LogP contribution in [0.5, 0.6) is 0 Å². The first-order valence-corrected chi connectivity index (χ1v) is 8.36. The third kappa shape index (κ3) is 2.85. The van der Waals surface area contributed by atoms with E-state index >= 15 is 0 Å². The lowest BCUT2D eigenvalue weighted by atomic mass is 9.96. The summed E-state index contributed by atoms with van der Waals surface area (Å²) in [5.41, 5.74) is 3.36. The number of hydrogen-bond acceptors (Lipinski definition) is 1. The molecule has 0 atom stereocenters. The van der Waals surface area contributed by atoms with Crippen molar-refractivity contribution in [3.8, 4) is 11.1 Å². The van der Waals surface area contributed by atoms with Crippen LogP contribution >= 0.6 is 7.60 Å². The van der Waals surface area contributed by atoms with Gasteiger partial charge in [-0.1, -0.05) is 56.3 Å². The lowest BCUT2D eigenvalue weighted by molar-refractivity contribution is 0.387. The summed E-state index contributed by atoms with van der Waals surface area (Å²) >= 11 is 0. The largest absolute Gasteiger partial charge is 0.357 e. The molecule has 0 aromatic heterocycles. The summed E-state index contributed by atoms with van der Waals surface area (Å²) in [7, 11) is -4.31. The first kappa shape index (κ1) is 15.0. The molecule has 2 aromatic rings. The van der Waals surface area contributed by atoms with Gasteiger partial charge < -0.3 is 9.79 Å². The monoisotopic (exact) mass is 290 g/mol. The average molecular weight is 290 g/mol. The van der Waals surface area contributed by atoms with Crippen LogP contribution < -0.4 is 5.30 Å². The number of hydrogen-bond donors (Lipinski definition) is 2. The first-order chi connectivity index (χ1) is 9.49. The first-order valence-electron chi connectivity index (χ1n) is 6.75. The van der Waals surface area contributed by atoms with E-state index in [-0.39, 0.29) is 5.30 Å². The fourth-order valence-electron chi connectivity index (χ4n) is 2.53. The number of benzene rings is 2. The normalized spacial score (nSPS) is 11.6. The van der Waals surface area contributed by atoms with Crippen LogP contribution in [0.25, 0.3) is 11.1 Å². The van der Waals surface area contributed by atoms with Crippen LogP contribution in [0.1, 0.15) is 25.0 Å². The molecule has 0 heterocycles. The summed E-state index contributed by atoms with van der Waals surface area (Å²) in [6.07, 6.45) is 1.43. The van der Waals surface area contributed by atoms with E-state index in [1.165, 1.54) is 0 Å². The van der Waals surface area contributed by atoms with E-state index in [9.17, 15) is 14.4 Å². The Bertz CT molecular complexity index is 659. The maximum Gasteiger partial charge on any atom is 0.357 e. The van der Waals surface area contributed by atoms with Crippen molar-refractivity contribution in [2.45, 2.75) is 26.7 Å². The summed E-state index contributed by atoms with van der Waals surface area (Å²) in [4.78, 5) is 19.4. The maximum atomic E-state index is 11.9. The molecule has 0 unspecified atom stereocenters. The van der Waals surface area contributed by atoms with Gasteiger partial charge in [-0.05, 0) is 35.1 Å². The van der Waals surface area contributed by atoms with Gasteiger partial charge in [0, 0.05) is 0 Å². The van der Waals surface area contributed by atoms with Crippen molar-refractivity contribution in [1.82, 2.24) is 0 Å². The predicted octanol–water partition coefficient (Wildman–Crippen LogP) is 3.28. The zero-order valence-corrected chi connectivity index (χ0v) is 12.6. The van der Waals surface area contributed by atoms with Gasteiger partial charge in [0.1, 0.15) is 0 Å². The molecule has 0 spiro atoms. The van der Waals surface area contributed by atoms with Crippen LogP contribution in [-0.2, 0) is 17.4 Å². The number of rotatable bonds is 4. The fraction of sp³-hybridized carbons (Fsp3) is 0.250. The zero-order chi connectivity index (χ0) is 14.8. The highest BCUT2D eigenvalue weighted by Crippen LogP contribution is 2.40. The maximum absolute atomic E-state index is 11.9. The van der Waals surface area contributed by atoms with E-state index in [0.29, 0.717) is 17.5 Å². The van der Waals surface area contributed by atoms with Gasteiger partial charge in [0.2, 0.25) is 0 Å². The quantitative estimate of drug-likeness (QED) is 0.850. The van der Waals surface area contributed by atoms with Crippen molar-refractivity contribution in [2.24, 2.45) is 0 Å². The molecule has 3 nitrogen and oxygen atoms in total. The third-order valence-electron chi connectivity index (χ3n) is 3.48. The highest BCUT2D eigenvalue weighted by molar-refractivity contribution is 7.60. The van der Waals surface area contributed by atoms with Gasteiger partial charge in [-0.25, -0.2) is 0 Å². The highest BCUT2D eigenvalue weighted by atomic mass is 31.2. The molecule has 20 heavy (non-hydrogen) atoms. The Balaban J connectivity index is 2.78. The van der Waals surface area contributed by atoms with Crippen LogP contribution in [0.3, 0.4) is 0 Å². The van der Waals surface area contributed by atoms with Gasteiger partial charge in [0.25, 0.3) is 0 Å². The lowest BCUT2D eigenvalue weighted by Crippen LogP contribution is -2.14. The summed E-state index contributed by atoms with van der Waals surface area (Å²) in [5.74, 6) is 0. The molecule has 0 radical (unpaired) electrons. The summed E-state index contributed by atoms with van der Waals surface area (Å²) in [6, 6.07) is 13.2. The van der Waals surface area contributed by atoms with Gasteiger partial charge in [0.05, 0.1) is 5.30 Å². The van der Waals surface area contributed by atoms with Gasteiger partial charge in [-0.2, -0.15) is 0 Å². The zero-order valence-electron chi connectivity index (χ0n) is 11.7. The van der Waals surface area contributed by atoms with Crippen molar-refractivity contribution in [1.29, 1.82) is 0 Å². The van der Waals surface area contributed by atoms with E-state index < -0.39 is 7.60 Å². The molecule has 0 saturated heterocycles. The average Bonchev–Trinajstić information content (AvgIpc) is 2.45. The second kappa shape index (κ2) is 5.92. The highest BCUT2D eigenvalue weighted by Gasteiger charge is 2.25. The molecule has 0 aliphatic carbocycles. The van der Waals surface area contributed by atoms with E-state index in [2.05, 4.69) is 0 Å². The third-order valence-corrected chi connectivity index (χ3v) is 4.59. The lowest BCUT2D eigenvalue weighted by Gasteiger charge is -2.17. The fourth-order valence-corrected chi connectivity index (χ4v) is 3.64. The van der Waals surface area contributed by atoms with E-state index in [1.807, 2.05) is 44.2 Å². The Labute approximate surface area is 119 Å². The van der Waals surface area contributed by atoms with Crippen LogP contribution in [0, 0.1) is 0 Å². The van der Waals surface area contributed by atoms with E-state index in [1.54, 1.807) is 12.1 Å². The minimum Gasteiger partial charge on any atom is -0.321 e. The van der Waals surface area contributed by atoms with E-state index in [0.717, 1.165) is 17.5 Å². The Morgan fingerprint density at radius 3 is 2.00 bits per heavy atom. The van der Waals surface area contributed by atoms with Crippen LogP contribution in [0.4, 0.5) is 0 Å². The molecular weight excluding hydrogens is 271 g/mol. The molecule has 0 fully saturated rings. The molecule has 0 saturated carbocycles. The standard InChI is InChI=1S/C16H19O3P/c1-3-12-8-5-6-10-14(12)15-11-7-9-13(4-2)16(15)20(17,18)19/h5-11H,3-4H2,1-2H3,(H2,17,18,19). The van der Waals surface area contributed by atoms with Crippen LogP contribution in [0.15, 0.2) is 42.5 Å². The molecule has 4 heteroatoms. The van der Waals surface area contributed by atoms with Gasteiger partial charge in [0.15, 0.2) is 0 Å². The summed E-state index contributed by atoms with van der Waals surface area (Å²) in [6.45, 7) is 3.95. The minimum absolute atomic E-state index is 0.170. The molecule has 0 aliphatic heterocycles. The van der Waals surface area contributed by atoms with Crippen molar-refractivity contribution < 1.29 is 14.4 Å². The smallest absolute Gasteiger partial charge is 0.321 e. The SMILES string of the molecule is CCc1ccccc1-c1cccc(CC)c1P(=O)(O)O. The Morgan fingerprint density at radius 1 is 0.850 bits per heavy atom. The van der Waals surface area contributed by atoms with Gasteiger partial charge in [-0.15, -0.1) is 0 Å². The Hall–Kier alpha value is -1.41. The van der Waals surface area contributed by atoms with Crippen molar-refractivity contribution in [3.63, 3.8) is 0 Å². The van der Waals surface area contributed by atoms with Crippen LogP contribution in [-0.4, -0.2) is 9.79 Å². The second-order valence-corrected chi connectivity index (χ2v) is 6.26. The topological polar surface area (TPSA) is 57.5 Å². The molecule has 2 aromatic carbocycles. The number of aryl methyl sites for hydroxylation is 2. The summed E-state index contributed by atoms with van der Waals surface area (Å²) < 4.78 is 11.9. The molecule has 0 aliphatic rings. The molecular formula is C16H19O3P. The Kier molecular flexibility index (Phi) is 4.44. The van der Waals surface area contributed by atoms with Gasteiger partial charge in [-0.3, -0.25) is 4.57 Å². The Morgan fingerprint density at radius 2 is 1.40 bits per heavy atom. The predicted molar refractivity (Wildman–Crippen MR) is 82.3 cm³/mol. The van der Waals surface area contributed by atoms with Crippen molar-refractivity contribution in [2.75, 3.05) is 0 Å². The van der Waals surface area contributed by atoms with Gasteiger partial charge >= 0.3 is 7.60 Å². The molecule has 106 valence electrons. The second-order valence-electron chi connectivity index (χ2n) is 4.72.